The van der Waals surface area contributed by atoms with Gasteiger partial charge in [0.15, 0.2) is 5.69 Å². The maximum absolute atomic E-state index is 10.0. The van der Waals surface area contributed by atoms with E-state index in [1.54, 1.807) is 0 Å². The maximum Gasteiger partial charge on any atom is 0.189 e. The zero-order valence-electron chi connectivity index (χ0n) is 25.8. The lowest BCUT2D eigenvalue weighted by Crippen LogP contribution is -1.97. The van der Waals surface area contributed by atoms with Crippen LogP contribution in [0.3, 0.4) is 0 Å². The van der Waals surface area contributed by atoms with Crippen LogP contribution in [0.25, 0.3) is 82.1 Å². The van der Waals surface area contributed by atoms with Crippen molar-refractivity contribution in [3.63, 3.8) is 0 Å². The zero-order valence-corrected chi connectivity index (χ0v) is 25.8. The van der Waals surface area contributed by atoms with Crippen LogP contribution in [0, 0.1) is 17.9 Å². The molecule has 0 unspecified atom stereocenters. The highest BCUT2D eigenvalue weighted by Crippen LogP contribution is 2.40. The Balaban J connectivity index is 1.23. The van der Waals surface area contributed by atoms with Crippen molar-refractivity contribution in [1.29, 1.82) is 5.26 Å². The van der Waals surface area contributed by atoms with E-state index in [-0.39, 0.29) is 0 Å². The molecule has 0 aliphatic rings. The highest BCUT2D eigenvalue weighted by molar-refractivity contribution is 6.12. The molecule has 0 radical (unpaired) electrons. The molecule has 4 heteroatoms. The van der Waals surface area contributed by atoms with Crippen molar-refractivity contribution in [2.24, 2.45) is 0 Å². The Morgan fingerprint density at radius 2 is 1.08 bits per heavy atom. The molecule has 0 saturated heterocycles. The molecule has 2 aromatic heterocycles. The van der Waals surface area contributed by atoms with Crippen molar-refractivity contribution < 1.29 is 0 Å². The standard InChI is InChI=1S/C44H26N4/c1-46-33-23-24-35(43(27-33)48-41-21-7-4-18-38(41)44-32(28-45)14-10-22-42(44)48)31-13-8-11-29(25-31)30-12-9-15-34(26-30)47-39-19-5-2-16-36(39)37-17-3-6-20-40(37)47/h2-27H. The minimum Gasteiger partial charge on any atom is -0.310 e. The van der Waals surface area contributed by atoms with Gasteiger partial charge in [0.25, 0.3) is 0 Å². The van der Waals surface area contributed by atoms with Crippen molar-refractivity contribution >= 4 is 49.3 Å². The van der Waals surface area contributed by atoms with E-state index in [1.165, 1.54) is 21.8 Å². The largest absolute Gasteiger partial charge is 0.310 e. The summed E-state index contributed by atoms with van der Waals surface area (Å²) in [6, 6.07) is 56.8. The number of aromatic nitrogens is 2. The Hall–Kier alpha value is -6.88. The smallest absolute Gasteiger partial charge is 0.189 e. The molecule has 0 N–H and O–H groups in total. The van der Waals surface area contributed by atoms with Gasteiger partial charge in [-0.15, -0.1) is 0 Å². The average Bonchev–Trinajstić information content (AvgIpc) is 3.68. The molecule has 48 heavy (non-hydrogen) atoms. The van der Waals surface area contributed by atoms with Gasteiger partial charge in [0.2, 0.25) is 0 Å². The van der Waals surface area contributed by atoms with Crippen LogP contribution in [0.1, 0.15) is 5.56 Å². The number of para-hydroxylation sites is 3. The first-order chi connectivity index (χ1) is 23.7. The normalized spacial score (nSPS) is 11.3. The van der Waals surface area contributed by atoms with E-state index in [0.29, 0.717) is 11.3 Å². The Morgan fingerprint density at radius 1 is 0.500 bits per heavy atom. The maximum atomic E-state index is 10.0. The second kappa shape index (κ2) is 10.9. The first kappa shape index (κ1) is 27.4. The first-order valence-electron chi connectivity index (χ1n) is 15.9. The number of nitrogens with zero attached hydrogens (tertiary/aromatic N) is 4. The summed E-state index contributed by atoms with van der Waals surface area (Å²) in [5, 5.41) is 14.4. The van der Waals surface area contributed by atoms with Crippen LogP contribution in [0.4, 0.5) is 5.69 Å². The summed E-state index contributed by atoms with van der Waals surface area (Å²) in [7, 11) is 0. The van der Waals surface area contributed by atoms with Crippen LogP contribution in [0.15, 0.2) is 158 Å². The second-order valence-electron chi connectivity index (χ2n) is 12.0. The summed E-state index contributed by atoms with van der Waals surface area (Å²) in [6.45, 7) is 7.83. The van der Waals surface area contributed by atoms with Crippen LogP contribution < -0.4 is 0 Å². The van der Waals surface area contributed by atoms with Gasteiger partial charge in [-0.25, -0.2) is 4.85 Å². The molecule has 0 amide bonds. The summed E-state index contributed by atoms with van der Waals surface area (Å²) in [5.74, 6) is 0. The van der Waals surface area contributed by atoms with Crippen LogP contribution in [-0.2, 0) is 0 Å². The summed E-state index contributed by atoms with van der Waals surface area (Å²) in [6.07, 6.45) is 0. The third kappa shape index (κ3) is 4.14. The molecule has 9 rings (SSSR count). The molecule has 4 nitrogen and oxygen atoms in total. The van der Waals surface area contributed by atoms with E-state index in [0.717, 1.165) is 55.4 Å². The van der Waals surface area contributed by atoms with Gasteiger partial charge in [-0.3, -0.25) is 0 Å². The van der Waals surface area contributed by atoms with E-state index in [9.17, 15) is 5.26 Å². The third-order valence-electron chi connectivity index (χ3n) is 9.36. The number of hydrogen-bond donors (Lipinski definition) is 0. The molecule has 0 saturated carbocycles. The van der Waals surface area contributed by atoms with Gasteiger partial charge in [0.05, 0.1) is 40.3 Å². The molecule has 0 bridgehead atoms. The Labute approximate surface area is 277 Å². The van der Waals surface area contributed by atoms with E-state index < -0.39 is 0 Å². The summed E-state index contributed by atoms with van der Waals surface area (Å²) >= 11 is 0. The van der Waals surface area contributed by atoms with Crippen molar-refractivity contribution in [3.8, 4) is 39.7 Å². The SMILES string of the molecule is [C-]#[N+]c1ccc(-c2cccc(-c3cccc(-n4c5ccccc5c5ccccc54)c3)c2)c(-n2c3ccccc3c3c(C#N)cccc32)c1. The first-order valence-corrected chi connectivity index (χ1v) is 15.9. The lowest BCUT2D eigenvalue weighted by atomic mass is 9.97. The molecule has 222 valence electrons. The van der Waals surface area contributed by atoms with E-state index >= 15 is 0 Å². The van der Waals surface area contributed by atoms with Gasteiger partial charge in [0, 0.05) is 38.5 Å². The van der Waals surface area contributed by atoms with Crippen LogP contribution in [0.2, 0.25) is 0 Å². The molecule has 0 atom stereocenters. The Kier molecular flexibility index (Phi) is 6.22. The van der Waals surface area contributed by atoms with Crippen molar-refractivity contribution in [1.82, 2.24) is 9.13 Å². The number of nitriles is 1. The highest BCUT2D eigenvalue weighted by Gasteiger charge is 2.19. The van der Waals surface area contributed by atoms with E-state index in [2.05, 4.69) is 135 Å². The van der Waals surface area contributed by atoms with Gasteiger partial charge in [-0.2, -0.15) is 5.26 Å². The van der Waals surface area contributed by atoms with Gasteiger partial charge in [0.1, 0.15) is 0 Å². The van der Waals surface area contributed by atoms with Crippen LogP contribution >= 0.6 is 0 Å². The van der Waals surface area contributed by atoms with Crippen molar-refractivity contribution in [2.45, 2.75) is 0 Å². The number of benzene rings is 7. The van der Waals surface area contributed by atoms with Gasteiger partial charge in [-0.1, -0.05) is 103 Å². The Bertz CT molecular complexity index is 2760. The topological polar surface area (TPSA) is 38.0 Å². The number of hydrogen-bond acceptors (Lipinski definition) is 1. The van der Waals surface area contributed by atoms with E-state index in [1.807, 2.05) is 42.5 Å². The molecule has 0 aliphatic heterocycles. The summed E-state index contributed by atoms with van der Waals surface area (Å²) < 4.78 is 4.54. The lowest BCUT2D eigenvalue weighted by Gasteiger charge is -2.16. The molecule has 2 heterocycles. The predicted molar refractivity (Wildman–Crippen MR) is 197 cm³/mol. The minimum atomic E-state index is 0.561. The predicted octanol–water partition coefficient (Wildman–Crippen LogP) is 11.6. The van der Waals surface area contributed by atoms with Gasteiger partial charge < -0.3 is 9.13 Å². The fraction of sp³-hybridized carbons (Fsp3) is 0. The lowest BCUT2D eigenvalue weighted by molar-refractivity contribution is 1.18. The van der Waals surface area contributed by atoms with Gasteiger partial charge >= 0.3 is 0 Å². The zero-order chi connectivity index (χ0) is 32.2. The summed E-state index contributed by atoms with van der Waals surface area (Å²) in [5.41, 5.74) is 11.8. The molecule has 0 aliphatic carbocycles. The minimum absolute atomic E-state index is 0.561. The quantitative estimate of drug-likeness (QED) is 0.183. The number of fused-ring (bicyclic) bond motifs is 6. The highest BCUT2D eigenvalue weighted by atomic mass is 15.0. The van der Waals surface area contributed by atoms with Crippen LogP contribution in [-0.4, -0.2) is 9.13 Å². The number of rotatable bonds is 4. The van der Waals surface area contributed by atoms with Crippen LogP contribution in [0.5, 0.6) is 0 Å². The third-order valence-corrected chi connectivity index (χ3v) is 9.36. The molecule has 9 aromatic rings. The Morgan fingerprint density at radius 3 is 1.79 bits per heavy atom. The molecule has 7 aromatic carbocycles. The monoisotopic (exact) mass is 610 g/mol. The van der Waals surface area contributed by atoms with Crippen molar-refractivity contribution in [3.05, 3.63) is 175 Å². The molecule has 0 fully saturated rings. The second-order valence-corrected chi connectivity index (χ2v) is 12.0. The molecule has 0 spiro atoms. The van der Waals surface area contributed by atoms with Crippen molar-refractivity contribution in [2.75, 3.05) is 0 Å². The van der Waals surface area contributed by atoms with Gasteiger partial charge in [-0.05, 0) is 71.3 Å². The fourth-order valence-corrected chi connectivity index (χ4v) is 7.28. The molecular formula is C44H26N4. The fourth-order valence-electron chi connectivity index (χ4n) is 7.28. The molecular weight excluding hydrogens is 585 g/mol. The average molecular weight is 611 g/mol. The van der Waals surface area contributed by atoms with E-state index in [4.69, 9.17) is 6.57 Å². The summed E-state index contributed by atoms with van der Waals surface area (Å²) in [4.78, 5) is 3.79.